The summed E-state index contributed by atoms with van der Waals surface area (Å²) >= 11 is 6.48. The van der Waals surface area contributed by atoms with Gasteiger partial charge < -0.3 is 9.30 Å². The van der Waals surface area contributed by atoms with E-state index in [1.807, 2.05) is 12.1 Å². The lowest BCUT2D eigenvalue weighted by Gasteiger charge is -2.43. The van der Waals surface area contributed by atoms with Crippen LogP contribution in [0.4, 0.5) is 0 Å². The molecule has 5 rings (SSSR count). The summed E-state index contributed by atoms with van der Waals surface area (Å²) in [6.45, 7) is 6.71. The van der Waals surface area contributed by atoms with Gasteiger partial charge in [-0.05, 0) is 62.0 Å². The third-order valence-corrected chi connectivity index (χ3v) is 7.36. The van der Waals surface area contributed by atoms with Crippen molar-refractivity contribution in [3.05, 3.63) is 62.5 Å². The Morgan fingerprint density at radius 1 is 1.00 bits per heavy atom. The summed E-state index contributed by atoms with van der Waals surface area (Å²) in [5.74, 6) is 1.73. The van der Waals surface area contributed by atoms with Gasteiger partial charge in [-0.3, -0.25) is 14.6 Å². The number of methoxy groups -OCH3 is 1. The zero-order valence-electron chi connectivity index (χ0n) is 17.6. The summed E-state index contributed by atoms with van der Waals surface area (Å²) < 4.78 is 7.35. The van der Waals surface area contributed by atoms with E-state index in [-0.39, 0.29) is 5.56 Å². The van der Waals surface area contributed by atoms with Gasteiger partial charge in [0.05, 0.1) is 7.11 Å². The second-order valence-corrected chi connectivity index (χ2v) is 9.54. The number of hydrogen-bond donors (Lipinski definition) is 0. The molecule has 2 aromatic rings. The number of piperidine rings is 1. The van der Waals surface area contributed by atoms with E-state index in [4.69, 9.17) is 16.3 Å². The zero-order valence-corrected chi connectivity index (χ0v) is 18.4. The van der Waals surface area contributed by atoms with E-state index in [1.54, 1.807) is 7.11 Å². The Labute approximate surface area is 183 Å². The van der Waals surface area contributed by atoms with Gasteiger partial charge in [-0.25, -0.2) is 0 Å². The number of ether oxygens (including phenoxy) is 1. The van der Waals surface area contributed by atoms with Crippen LogP contribution < -0.4 is 10.3 Å². The van der Waals surface area contributed by atoms with Crippen molar-refractivity contribution in [1.29, 1.82) is 0 Å². The smallest absolute Gasteiger partial charge is 0.255 e. The molecule has 0 N–H and O–H groups in total. The first-order valence-corrected chi connectivity index (χ1v) is 11.5. The molecule has 4 heterocycles. The van der Waals surface area contributed by atoms with Crippen LogP contribution >= 0.6 is 11.6 Å². The van der Waals surface area contributed by atoms with Gasteiger partial charge in [0, 0.05) is 54.9 Å². The Morgan fingerprint density at radius 3 is 2.53 bits per heavy atom. The van der Waals surface area contributed by atoms with E-state index in [0.717, 1.165) is 67.7 Å². The molecule has 5 nitrogen and oxygen atoms in total. The Bertz CT molecular complexity index is 983. The molecule has 2 bridgehead atoms. The van der Waals surface area contributed by atoms with Crippen molar-refractivity contribution >= 4 is 11.6 Å². The number of rotatable bonds is 5. The fourth-order valence-corrected chi connectivity index (χ4v) is 5.78. The second-order valence-electron chi connectivity index (χ2n) is 9.13. The topological polar surface area (TPSA) is 37.7 Å². The SMILES string of the molecule is COc1ccc(CN2C[C@@H]3C[C@H](C2)c2ccc(CN4CCCC4)c(=O)n2C3)c(Cl)c1. The first kappa shape index (κ1) is 20.1. The van der Waals surface area contributed by atoms with Gasteiger partial charge in [0.25, 0.3) is 5.56 Å². The molecule has 2 atom stereocenters. The van der Waals surface area contributed by atoms with E-state index < -0.39 is 0 Å². The van der Waals surface area contributed by atoms with Gasteiger partial charge in [-0.2, -0.15) is 0 Å². The molecule has 2 fully saturated rings. The number of pyridine rings is 1. The molecule has 0 spiro atoms. The Balaban J connectivity index is 1.33. The van der Waals surface area contributed by atoms with Crippen LogP contribution in [0.15, 0.2) is 35.1 Å². The highest BCUT2D eigenvalue weighted by Crippen LogP contribution is 2.36. The minimum atomic E-state index is 0.237. The molecule has 0 radical (unpaired) electrons. The van der Waals surface area contributed by atoms with Gasteiger partial charge in [0.1, 0.15) is 5.75 Å². The van der Waals surface area contributed by atoms with Crippen LogP contribution in [0, 0.1) is 5.92 Å². The van der Waals surface area contributed by atoms with E-state index in [0.29, 0.717) is 11.8 Å². The number of fused-ring (bicyclic) bond motifs is 4. The Hall–Kier alpha value is -1.82. The van der Waals surface area contributed by atoms with Gasteiger partial charge in [0.15, 0.2) is 0 Å². The van der Waals surface area contributed by atoms with Crippen molar-refractivity contribution < 1.29 is 4.74 Å². The van der Waals surface area contributed by atoms with Crippen molar-refractivity contribution in [2.75, 3.05) is 33.3 Å². The minimum Gasteiger partial charge on any atom is -0.497 e. The fourth-order valence-electron chi connectivity index (χ4n) is 5.55. The molecular weight excluding hydrogens is 398 g/mol. The highest BCUT2D eigenvalue weighted by Gasteiger charge is 2.35. The minimum absolute atomic E-state index is 0.237. The van der Waals surface area contributed by atoms with Crippen molar-refractivity contribution in [3.63, 3.8) is 0 Å². The maximum Gasteiger partial charge on any atom is 0.255 e. The van der Waals surface area contributed by atoms with Gasteiger partial charge in [-0.15, -0.1) is 0 Å². The maximum absolute atomic E-state index is 13.2. The fraction of sp³-hybridized carbons (Fsp3) is 0.542. The van der Waals surface area contributed by atoms with Crippen LogP contribution in [0.5, 0.6) is 5.75 Å². The standard InChI is InChI=1S/C24H30ClN3O2/c1-30-21-6-4-18(22(25)11-21)14-27-12-17-10-20(16-27)23-7-5-19(24(29)28(23)13-17)15-26-8-2-3-9-26/h4-7,11,17,20H,2-3,8-10,12-16H2,1H3/t17-,20+/m0/s1. The highest BCUT2D eigenvalue weighted by atomic mass is 35.5. The lowest BCUT2D eigenvalue weighted by molar-refractivity contribution is 0.114. The molecule has 1 aromatic heterocycles. The molecule has 6 heteroatoms. The van der Waals surface area contributed by atoms with Gasteiger partial charge in [-0.1, -0.05) is 23.7 Å². The van der Waals surface area contributed by atoms with Crippen LogP contribution in [-0.2, 0) is 19.6 Å². The average Bonchev–Trinajstić information content (AvgIpc) is 3.25. The molecule has 0 aliphatic carbocycles. The summed E-state index contributed by atoms with van der Waals surface area (Å²) in [6.07, 6.45) is 3.69. The molecule has 3 aliphatic rings. The number of nitrogens with zero attached hydrogens (tertiary/aromatic N) is 3. The van der Waals surface area contributed by atoms with E-state index in [1.165, 1.54) is 25.0 Å². The van der Waals surface area contributed by atoms with E-state index >= 15 is 0 Å². The van der Waals surface area contributed by atoms with E-state index in [9.17, 15) is 4.79 Å². The van der Waals surface area contributed by atoms with E-state index in [2.05, 4.69) is 32.6 Å². The maximum atomic E-state index is 13.2. The molecule has 3 aliphatic heterocycles. The van der Waals surface area contributed by atoms with Crippen molar-refractivity contribution in [1.82, 2.24) is 14.4 Å². The molecule has 30 heavy (non-hydrogen) atoms. The third kappa shape index (κ3) is 3.91. The highest BCUT2D eigenvalue weighted by molar-refractivity contribution is 6.31. The predicted molar refractivity (Wildman–Crippen MR) is 119 cm³/mol. The molecule has 0 saturated carbocycles. The zero-order chi connectivity index (χ0) is 20.7. The third-order valence-electron chi connectivity index (χ3n) is 7.01. The van der Waals surface area contributed by atoms with Crippen LogP contribution in [0.3, 0.4) is 0 Å². The lowest BCUT2D eigenvalue weighted by atomic mass is 9.82. The normalized spacial score (nSPS) is 24.1. The molecular formula is C24H30ClN3O2. The number of aromatic nitrogens is 1. The average molecular weight is 428 g/mol. The van der Waals surface area contributed by atoms with Crippen LogP contribution in [0.25, 0.3) is 0 Å². The summed E-state index contributed by atoms with van der Waals surface area (Å²) in [7, 11) is 1.66. The van der Waals surface area contributed by atoms with Crippen LogP contribution in [0.2, 0.25) is 5.02 Å². The Kier molecular flexibility index (Phi) is 5.61. The first-order chi connectivity index (χ1) is 14.6. The van der Waals surface area contributed by atoms with Crippen molar-refractivity contribution in [3.8, 4) is 5.75 Å². The summed E-state index contributed by atoms with van der Waals surface area (Å²) in [4.78, 5) is 18.1. The number of likely N-dealkylation sites (tertiary alicyclic amines) is 2. The number of hydrogen-bond acceptors (Lipinski definition) is 4. The largest absolute Gasteiger partial charge is 0.497 e. The second kappa shape index (κ2) is 8.37. The summed E-state index contributed by atoms with van der Waals surface area (Å²) in [5.41, 5.74) is 3.55. The molecule has 2 saturated heterocycles. The van der Waals surface area contributed by atoms with Gasteiger partial charge in [0.2, 0.25) is 0 Å². The number of benzene rings is 1. The molecule has 0 amide bonds. The van der Waals surface area contributed by atoms with Crippen molar-refractivity contribution in [2.45, 2.75) is 44.8 Å². The Morgan fingerprint density at radius 2 is 1.77 bits per heavy atom. The monoisotopic (exact) mass is 427 g/mol. The first-order valence-electron chi connectivity index (χ1n) is 11.1. The van der Waals surface area contributed by atoms with Crippen molar-refractivity contribution in [2.24, 2.45) is 5.92 Å². The number of halogens is 1. The van der Waals surface area contributed by atoms with Gasteiger partial charge >= 0.3 is 0 Å². The molecule has 0 unspecified atom stereocenters. The quantitative estimate of drug-likeness (QED) is 0.728. The molecule has 1 aromatic carbocycles. The molecule has 160 valence electrons. The van der Waals surface area contributed by atoms with Crippen LogP contribution in [-0.4, -0.2) is 47.7 Å². The summed E-state index contributed by atoms with van der Waals surface area (Å²) in [5, 5.41) is 0.758. The summed E-state index contributed by atoms with van der Waals surface area (Å²) in [6, 6.07) is 10.2. The van der Waals surface area contributed by atoms with Crippen LogP contribution in [0.1, 0.15) is 42.0 Å². The predicted octanol–water partition coefficient (Wildman–Crippen LogP) is 3.73. The lowest BCUT2D eigenvalue weighted by Crippen LogP contribution is -2.47.